The van der Waals surface area contributed by atoms with Gasteiger partial charge < -0.3 is 10.3 Å². The zero-order valence-corrected chi connectivity index (χ0v) is 12.2. The highest BCUT2D eigenvalue weighted by molar-refractivity contribution is 6.31. The van der Waals surface area contributed by atoms with Crippen LogP contribution in [0.25, 0.3) is 11.0 Å². The molecular formula is C14H15ClN6. The van der Waals surface area contributed by atoms with Crippen molar-refractivity contribution in [1.82, 2.24) is 24.5 Å². The highest BCUT2D eigenvalue weighted by Crippen LogP contribution is 2.39. The maximum absolute atomic E-state index is 6.12. The lowest BCUT2D eigenvalue weighted by Crippen LogP contribution is -2.08. The van der Waals surface area contributed by atoms with Crippen LogP contribution < -0.4 is 5.73 Å². The lowest BCUT2D eigenvalue weighted by atomic mass is 10.3. The van der Waals surface area contributed by atoms with Crippen LogP contribution in [0.15, 0.2) is 24.4 Å². The average Bonchev–Trinajstić information content (AvgIpc) is 3.10. The summed E-state index contributed by atoms with van der Waals surface area (Å²) < 4.78 is 4.06. The Hall–Kier alpha value is -1.92. The first kappa shape index (κ1) is 12.8. The van der Waals surface area contributed by atoms with E-state index in [0.717, 1.165) is 27.6 Å². The van der Waals surface area contributed by atoms with Crippen LogP contribution >= 0.6 is 11.6 Å². The van der Waals surface area contributed by atoms with E-state index in [0.29, 0.717) is 19.1 Å². The Kier molecular flexibility index (Phi) is 2.94. The minimum absolute atomic E-state index is 0.397. The molecule has 0 radical (unpaired) electrons. The SMILES string of the molecule is NCc1cn(Cc2nc3ccc(Cl)cc3n2C2CC2)nn1. The van der Waals surface area contributed by atoms with Gasteiger partial charge in [-0.1, -0.05) is 16.8 Å². The largest absolute Gasteiger partial charge is 0.325 e. The van der Waals surface area contributed by atoms with Crippen LogP contribution in [0.3, 0.4) is 0 Å². The lowest BCUT2D eigenvalue weighted by Gasteiger charge is -2.07. The number of benzene rings is 1. The fourth-order valence-corrected chi connectivity index (χ4v) is 2.79. The summed E-state index contributed by atoms with van der Waals surface area (Å²) in [6.07, 6.45) is 4.25. The second-order valence-corrected chi connectivity index (χ2v) is 5.81. The molecule has 1 aromatic carbocycles. The molecule has 0 bridgehead atoms. The van der Waals surface area contributed by atoms with Crippen LogP contribution in [0.5, 0.6) is 0 Å². The van der Waals surface area contributed by atoms with Crippen molar-refractivity contribution in [1.29, 1.82) is 0 Å². The van der Waals surface area contributed by atoms with Crippen molar-refractivity contribution in [2.45, 2.75) is 32.0 Å². The maximum atomic E-state index is 6.12. The first-order valence-electron chi connectivity index (χ1n) is 7.00. The molecule has 0 aliphatic heterocycles. The van der Waals surface area contributed by atoms with Gasteiger partial charge in [0, 0.05) is 17.6 Å². The second-order valence-electron chi connectivity index (χ2n) is 5.37. The van der Waals surface area contributed by atoms with Gasteiger partial charge in [0.1, 0.15) is 12.4 Å². The van der Waals surface area contributed by atoms with E-state index in [9.17, 15) is 0 Å². The van der Waals surface area contributed by atoms with Crippen LogP contribution in [-0.2, 0) is 13.1 Å². The number of halogens is 1. The molecule has 2 N–H and O–H groups in total. The Morgan fingerprint density at radius 1 is 1.33 bits per heavy atom. The summed E-state index contributed by atoms with van der Waals surface area (Å²) in [7, 11) is 0. The van der Waals surface area contributed by atoms with E-state index >= 15 is 0 Å². The number of fused-ring (bicyclic) bond motifs is 1. The van der Waals surface area contributed by atoms with Crippen molar-refractivity contribution in [3.8, 4) is 0 Å². The van der Waals surface area contributed by atoms with Crippen LogP contribution in [-0.4, -0.2) is 24.5 Å². The normalized spacial score (nSPS) is 15.0. The van der Waals surface area contributed by atoms with E-state index in [1.54, 1.807) is 4.68 Å². The summed E-state index contributed by atoms with van der Waals surface area (Å²) >= 11 is 6.12. The minimum atomic E-state index is 0.397. The Labute approximate surface area is 126 Å². The molecule has 21 heavy (non-hydrogen) atoms. The molecule has 108 valence electrons. The van der Waals surface area contributed by atoms with Crippen LogP contribution in [0.1, 0.15) is 30.4 Å². The topological polar surface area (TPSA) is 74.6 Å². The quantitative estimate of drug-likeness (QED) is 0.801. The van der Waals surface area contributed by atoms with Crippen LogP contribution in [0, 0.1) is 0 Å². The van der Waals surface area contributed by atoms with Gasteiger partial charge >= 0.3 is 0 Å². The third-order valence-electron chi connectivity index (χ3n) is 3.74. The van der Waals surface area contributed by atoms with Gasteiger partial charge in [0.25, 0.3) is 0 Å². The van der Waals surface area contributed by atoms with E-state index < -0.39 is 0 Å². The predicted octanol–water partition coefficient (Wildman–Crippen LogP) is 2.12. The van der Waals surface area contributed by atoms with Crippen molar-refractivity contribution in [2.75, 3.05) is 0 Å². The smallest absolute Gasteiger partial charge is 0.132 e. The molecule has 4 rings (SSSR count). The van der Waals surface area contributed by atoms with E-state index in [1.807, 2.05) is 24.4 Å². The number of rotatable bonds is 4. The fraction of sp³-hybridized carbons (Fsp3) is 0.357. The highest BCUT2D eigenvalue weighted by Gasteiger charge is 2.28. The Bertz CT molecular complexity index is 801. The zero-order valence-electron chi connectivity index (χ0n) is 11.4. The maximum Gasteiger partial charge on any atom is 0.132 e. The van der Waals surface area contributed by atoms with Gasteiger partial charge in [-0.3, -0.25) is 0 Å². The minimum Gasteiger partial charge on any atom is -0.325 e. The van der Waals surface area contributed by atoms with E-state index in [1.165, 1.54) is 12.8 Å². The number of aromatic nitrogens is 5. The van der Waals surface area contributed by atoms with Crippen molar-refractivity contribution >= 4 is 22.6 Å². The zero-order chi connectivity index (χ0) is 14.4. The molecule has 3 aromatic rings. The van der Waals surface area contributed by atoms with Crippen molar-refractivity contribution in [3.63, 3.8) is 0 Å². The number of nitrogens with zero attached hydrogens (tertiary/aromatic N) is 5. The average molecular weight is 303 g/mol. The Balaban J connectivity index is 1.78. The van der Waals surface area contributed by atoms with Gasteiger partial charge in [-0.2, -0.15) is 0 Å². The second kappa shape index (κ2) is 4.82. The first-order chi connectivity index (χ1) is 10.2. The molecular weight excluding hydrogens is 288 g/mol. The van der Waals surface area contributed by atoms with Gasteiger partial charge in [0.2, 0.25) is 0 Å². The Morgan fingerprint density at radius 3 is 2.90 bits per heavy atom. The lowest BCUT2D eigenvalue weighted by molar-refractivity contribution is 0.589. The molecule has 2 aromatic heterocycles. The number of nitrogens with two attached hydrogens (primary N) is 1. The van der Waals surface area contributed by atoms with Gasteiger partial charge in [0.15, 0.2) is 0 Å². The highest BCUT2D eigenvalue weighted by atomic mass is 35.5. The molecule has 1 saturated carbocycles. The van der Waals surface area contributed by atoms with Crippen LogP contribution in [0.2, 0.25) is 5.02 Å². The van der Waals surface area contributed by atoms with Gasteiger partial charge in [0.05, 0.1) is 22.9 Å². The van der Waals surface area contributed by atoms with Crippen molar-refractivity contribution in [3.05, 3.63) is 40.9 Å². The van der Waals surface area contributed by atoms with Gasteiger partial charge in [-0.25, -0.2) is 9.67 Å². The van der Waals surface area contributed by atoms with Crippen LogP contribution in [0.4, 0.5) is 0 Å². The van der Waals surface area contributed by atoms with Gasteiger partial charge in [-0.15, -0.1) is 5.10 Å². The molecule has 6 nitrogen and oxygen atoms in total. The summed E-state index contributed by atoms with van der Waals surface area (Å²) in [5.74, 6) is 0.989. The number of imidazole rings is 1. The molecule has 0 spiro atoms. The molecule has 0 saturated heterocycles. The third-order valence-corrected chi connectivity index (χ3v) is 3.97. The van der Waals surface area contributed by atoms with Gasteiger partial charge in [-0.05, 0) is 31.0 Å². The monoisotopic (exact) mass is 302 g/mol. The van der Waals surface area contributed by atoms with E-state index in [2.05, 4.69) is 14.9 Å². The van der Waals surface area contributed by atoms with Crippen molar-refractivity contribution < 1.29 is 0 Å². The Morgan fingerprint density at radius 2 is 2.19 bits per heavy atom. The summed E-state index contributed by atoms with van der Waals surface area (Å²) in [6, 6.07) is 6.35. The van der Waals surface area contributed by atoms with E-state index in [4.69, 9.17) is 22.3 Å². The molecule has 1 aliphatic rings. The number of hydrogen-bond acceptors (Lipinski definition) is 4. The third kappa shape index (κ3) is 2.30. The number of hydrogen-bond donors (Lipinski definition) is 1. The molecule has 0 amide bonds. The molecule has 1 fully saturated rings. The first-order valence-corrected chi connectivity index (χ1v) is 7.38. The molecule has 7 heteroatoms. The predicted molar refractivity (Wildman–Crippen MR) is 80.0 cm³/mol. The molecule has 0 atom stereocenters. The standard InChI is InChI=1S/C14H15ClN6/c15-9-1-4-12-13(5-9)21(11-2-3-11)14(17-12)8-20-7-10(6-16)18-19-20/h1,4-5,7,11H,2-3,6,8,16H2. The summed E-state index contributed by atoms with van der Waals surface area (Å²) in [4.78, 5) is 4.73. The summed E-state index contributed by atoms with van der Waals surface area (Å²) in [6.45, 7) is 0.991. The molecule has 0 unspecified atom stereocenters. The van der Waals surface area contributed by atoms with Crippen molar-refractivity contribution in [2.24, 2.45) is 5.73 Å². The fourth-order valence-electron chi connectivity index (χ4n) is 2.62. The summed E-state index contributed by atoms with van der Waals surface area (Å²) in [5, 5.41) is 8.85. The van der Waals surface area contributed by atoms with E-state index in [-0.39, 0.29) is 0 Å². The molecule has 2 heterocycles. The molecule has 1 aliphatic carbocycles. The summed E-state index contributed by atoms with van der Waals surface area (Å²) in [5.41, 5.74) is 8.42.